The molecule has 4 N–H and O–H groups in total. The molecule has 0 aliphatic rings. The van der Waals surface area contributed by atoms with Crippen molar-refractivity contribution in [3.8, 4) is 11.3 Å². The van der Waals surface area contributed by atoms with Crippen LogP contribution >= 0.6 is 11.6 Å². The Morgan fingerprint density at radius 3 is 2.90 bits per heavy atom. The molecule has 8 heteroatoms. The van der Waals surface area contributed by atoms with Crippen molar-refractivity contribution >= 4 is 34.2 Å². The summed E-state index contributed by atoms with van der Waals surface area (Å²) < 4.78 is 14.2. The number of carbonyl (C=O) groups is 1. The number of halogens is 2. The molecule has 21 heavy (non-hydrogen) atoms. The average Bonchev–Trinajstić information content (AvgIpc) is 2.92. The first-order chi connectivity index (χ1) is 9.99. The number of aromatic carboxylic acids is 1. The van der Waals surface area contributed by atoms with E-state index in [0.717, 1.165) is 5.39 Å². The normalized spacial score (nSPS) is 11.0. The fraction of sp³-hybridized carbons (Fsp3) is 0. The second-order valence-electron chi connectivity index (χ2n) is 4.33. The summed E-state index contributed by atoms with van der Waals surface area (Å²) in [5.41, 5.74) is 5.45. The number of H-pyrrole nitrogens is 1. The zero-order valence-electron chi connectivity index (χ0n) is 10.4. The Labute approximate surface area is 122 Å². The molecular weight excluding hydrogens is 299 g/mol. The van der Waals surface area contributed by atoms with E-state index in [1.807, 2.05) is 0 Å². The lowest BCUT2D eigenvalue weighted by atomic mass is 10.1. The molecular formula is C13H8ClFN4O2. The molecule has 0 radical (unpaired) electrons. The standard InChI is InChI=1S/C13H8ClFN4O2/c14-8-10(16)9(15)11(18-12(8)13(20)21)5-1-2-6-4-17-19-7(6)3-5/h1-4H,(H2,16,18)(H,17,19)(H,20,21). The number of pyridine rings is 1. The zero-order chi connectivity index (χ0) is 15.1. The van der Waals surface area contributed by atoms with Gasteiger partial charge in [-0.1, -0.05) is 23.7 Å². The lowest BCUT2D eigenvalue weighted by Crippen LogP contribution is -2.08. The van der Waals surface area contributed by atoms with E-state index in [9.17, 15) is 9.18 Å². The fourth-order valence-corrected chi connectivity index (χ4v) is 2.18. The summed E-state index contributed by atoms with van der Waals surface area (Å²) >= 11 is 5.71. The first-order valence-corrected chi connectivity index (χ1v) is 6.18. The molecule has 6 nitrogen and oxygen atoms in total. The minimum atomic E-state index is -1.38. The van der Waals surface area contributed by atoms with Crippen molar-refractivity contribution in [2.75, 3.05) is 5.73 Å². The molecule has 0 saturated heterocycles. The van der Waals surface area contributed by atoms with Crippen molar-refractivity contribution in [1.82, 2.24) is 15.2 Å². The molecule has 0 atom stereocenters. The van der Waals surface area contributed by atoms with Gasteiger partial charge < -0.3 is 10.8 Å². The minimum Gasteiger partial charge on any atom is -0.476 e. The van der Waals surface area contributed by atoms with Crippen LogP contribution in [-0.4, -0.2) is 26.3 Å². The van der Waals surface area contributed by atoms with Gasteiger partial charge in [-0.15, -0.1) is 0 Å². The summed E-state index contributed by atoms with van der Waals surface area (Å²) in [6.07, 6.45) is 1.61. The third kappa shape index (κ3) is 2.07. The van der Waals surface area contributed by atoms with Gasteiger partial charge in [0.2, 0.25) is 0 Å². The number of rotatable bonds is 2. The van der Waals surface area contributed by atoms with Crippen molar-refractivity contribution in [2.45, 2.75) is 0 Å². The second-order valence-corrected chi connectivity index (χ2v) is 4.71. The number of hydrogen-bond donors (Lipinski definition) is 3. The predicted molar refractivity (Wildman–Crippen MR) is 75.7 cm³/mol. The van der Waals surface area contributed by atoms with Crippen molar-refractivity contribution in [2.24, 2.45) is 0 Å². The number of nitrogens with zero attached hydrogens (tertiary/aromatic N) is 2. The Hall–Kier alpha value is -2.67. The summed E-state index contributed by atoms with van der Waals surface area (Å²) in [4.78, 5) is 14.9. The summed E-state index contributed by atoms with van der Waals surface area (Å²) in [7, 11) is 0. The van der Waals surface area contributed by atoms with Crippen LogP contribution in [0.1, 0.15) is 10.5 Å². The van der Waals surface area contributed by atoms with Crippen LogP contribution in [0, 0.1) is 5.82 Å². The van der Waals surface area contributed by atoms with Gasteiger partial charge in [0.05, 0.1) is 22.4 Å². The number of carboxylic acids is 1. The Bertz CT molecular complexity index is 878. The lowest BCUT2D eigenvalue weighted by molar-refractivity contribution is 0.0691. The molecule has 106 valence electrons. The number of anilines is 1. The van der Waals surface area contributed by atoms with Crippen LogP contribution in [0.2, 0.25) is 5.02 Å². The molecule has 0 fully saturated rings. The highest BCUT2D eigenvalue weighted by Crippen LogP contribution is 2.32. The highest BCUT2D eigenvalue weighted by molar-refractivity contribution is 6.35. The maximum absolute atomic E-state index is 14.2. The highest BCUT2D eigenvalue weighted by Gasteiger charge is 2.22. The molecule has 2 aromatic heterocycles. The molecule has 0 amide bonds. The van der Waals surface area contributed by atoms with Gasteiger partial charge >= 0.3 is 5.97 Å². The van der Waals surface area contributed by atoms with Crippen molar-refractivity contribution in [1.29, 1.82) is 0 Å². The lowest BCUT2D eigenvalue weighted by Gasteiger charge is -2.09. The molecule has 2 heterocycles. The van der Waals surface area contributed by atoms with E-state index in [-0.39, 0.29) is 5.69 Å². The van der Waals surface area contributed by atoms with E-state index in [1.165, 1.54) is 0 Å². The summed E-state index contributed by atoms with van der Waals surface area (Å²) in [6, 6.07) is 4.91. The number of carboxylic acid groups (broad SMARTS) is 1. The number of nitrogens with one attached hydrogen (secondary N) is 1. The van der Waals surface area contributed by atoms with E-state index < -0.39 is 28.2 Å². The molecule has 0 bridgehead atoms. The smallest absolute Gasteiger partial charge is 0.356 e. The monoisotopic (exact) mass is 306 g/mol. The second kappa shape index (κ2) is 4.71. The van der Waals surface area contributed by atoms with Gasteiger partial charge in [0.1, 0.15) is 5.69 Å². The number of benzene rings is 1. The number of nitrogens with two attached hydrogens (primary N) is 1. The van der Waals surface area contributed by atoms with Crippen LogP contribution in [0.15, 0.2) is 24.4 Å². The number of nitrogen functional groups attached to an aromatic ring is 1. The van der Waals surface area contributed by atoms with Gasteiger partial charge in [0, 0.05) is 10.9 Å². The maximum atomic E-state index is 14.2. The summed E-state index contributed by atoms with van der Waals surface area (Å²) in [6.45, 7) is 0. The van der Waals surface area contributed by atoms with E-state index >= 15 is 0 Å². The quantitative estimate of drug-likeness (QED) is 0.675. The first-order valence-electron chi connectivity index (χ1n) is 5.80. The van der Waals surface area contributed by atoms with Gasteiger partial charge in [0.15, 0.2) is 11.5 Å². The number of aromatic nitrogens is 3. The summed E-state index contributed by atoms with van der Waals surface area (Å²) in [5, 5.41) is 16.1. The van der Waals surface area contributed by atoms with Gasteiger partial charge in [-0.05, 0) is 6.07 Å². The van der Waals surface area contributed by atoms with Crippen LogP contribution in [0.4, 0.5) is 10.1 Å². The number of aromatic amines is 1. The number of fused-ring (bicyclic) bond motifs is 1. The van der Waals surface area contributed by atoms with Crippen LogP contribution < -0.4 is 5.73 Å². The topological polar surface area (TPSA) is 105 Å². The largest absolute Gasteiger partial charge is 0.476 e. The van der Waals surface area contributed by atoms with Gasteiger partial charge in [-0.25, -0.2) is 14.2 Å². The molecule has 0 spiro atoms. The summed E-state index contributed by atoms with van der Waals surface area (Å²) in [5.74, 6) is -2.24. The Morgan fingerprint density at radius 1 is 1.43 bits per heavy atom. The van der Waals surface area contributed by atoms with Gasteiger partial charge in [-0.2, -0.15) is 5.10 Å². The van der Waals surface area contributed by atoms with Crippen LogP contribution in [-0.2, 0) is 0 Å². The van der Waals surface area contributed by atoms with E-state index in [4.69, 9.17) is 22.4 Å². The van der Waals surface area contributed by atoms with Crippen LogP contribution in [0.25, 0.3) is 22.2 Å². The fourth-order valence-electron chi connectivity index (χ4n) is 1.98. The van der Waals surface area contributed by atoms with Crippen LogP contribution in [0.5, 0.6) is 0 Å². The predicted octanol–water partition coefficient (Wildman–Crippen LogP) is 2.70. The van der Waals surface area contributed by atoms with Crippen molar-refractivity contribution < 1.29 is 14.3 Å². The molecule has 0 saturated carbocycles. The molecule has 0 unspecified atom stereocenters. The Kier molecular flexibility index (Phi) is 2.99. The molecule has 0 aliphatic carbocycles. The van der Waals surface area contributed by atoms with E-state index in [2.05, 4.69) is 15.2 Å². The molecule has 3 rings (SSSR count). The SMILES string of the molecule is Nc1c(F)c(-c2ccc3cn[nH]c3c2)nc(C(=O)O)c1Cl. The van der Waals surface area contributed by atoms with Crippen molar-refractivity contribution in [3.05, 3.63) is 40.9 Å². The number of hydrogen-bond acceptors (Lipinski definition) is 4. The van der Waals surface area contributed by atoms with Gasteiger partial charge in [-0.3, -0.25) is 5.10 Å². The average molecular weight is 307 g/mol. The molecule has 1 aromatic carbocycles. The zero-order valence-corrected chi connectivity index (χ0v) is 11.1. The maximum Gasteiger partial charge on any atom is 0.356 e. The molecule has 3 aromatic rings. The minimum absolute atomic E-state index is 0.175. The first kappa shape index (κ1) is 13.3. The van der Waals surface area contributed by atoms with E-state index in [0.29, 0.717) is 11.1 Å². The van der Waals surface area contributed by atoms with Crippen molar-refractivity contribution in [3.63, 3.8) is 0 Å². The Morgan fingerprint density at radius 2 is 2.19 bits per heavy atom. The third-order valence-corrected chi connectivity index (χ3v) is 3.41. The van der Waals surface area contributed by atoms with Gasteiger partial charge in [0.25, 0.3) is 0 Å². The van der Waals surface area contributed by atoms with Crippen LogP contribution in [0.3, 0.4) is 0 Å². The Balaban J connectivity index is 2.28. The highest BCUT2D eigenvalue weighted by atomic mass is 35.5. The van der Waals surface area contributed by atoms with E-state index in [1.54, 1.807) is 24.4 Å². The third-order valence-electron chi connectivity index (χ3n) is 3.03. The molecule has 0 aliphatic heterocycles.